The van der Waals surface area contributed by atoms with Gasteiger partial charge in [0.1, 0.15) is 9.75 Å². The summed E-state index contributed by atoms with van der Waals surface area (Å²) in [5.41, 5.74) is 0. The van der Waals surface area contributed by atoms with Crippen molar-refractivity contribution in [3.05, 3.63) is 12.0 Å². The normalized spacial score (nSPS) is 13.2. The summed E-state index contributed by atoms with van der Waals surface area (Å²) in [6, 6.07) is 0. The van der Waals surface area contributed by atoms with Crippen LogP contribution < -0.4 is 4.72 Å². The van der Waals surface area contributed by atoms with Gasteiger partial charge in [-0.15, -0.1) is 0 Å². The highest BCUT2D eigenvalue weighted by Gasteiger charge is 2.22. The van der Waals surface area contributed by atoms with Crippen LogP contribution in [0.3, 0.4) is 0 Å². The number of imidazole rings is 1. The highest BCUT2D eigenvalue weighted by atomic mass is 127. The second-order valence-electron chi connectivity index (χ2n) is 4.16. The third-order valence-electron chi connectivity index (χ3n) is 2.60. The number of aromatic nitrogens is 2. The molecular formula is C11H18IN3O4S. The highest BCUT2D eigenvalue weighted by Crippen LogP contribution is 2.10. The molecule has 0 spiro atoms. The van der Waals surface area contributed by atoms with Gasteiger partial charge in [-0.3, -0.25) is 4.79 Å². The van der Waals surface area contributed by atoms with Crippen molar-refractivity contribution in [2.24, 2.45) is 0 Å². The lowest BCUT2D eigenvalue weighted by Gasteiger charge is -2.08. The van der Waals surface area contributed by atoms with Crippen LogP contribution in [0.1, 0.15) is 19.2 Å². The van der Waals surface area contributed by atoms with Crippen molar-refractivity contribution in [1.29, 1.82) is 0 Å². The van der Waals surface area contributed by atoms with E-state index < -0.39 is 19.9 Å². The lowest BCUT2D eigenvalue weighted by molar-refractivity contribution is -0.139. The maximum atomic E-state index is 12.1. The fraction of sp³-hybridized carbons (Fsp3) is 0.636. The molecule has 7 nitrogen and oxygen atoms in total. The van der Waals surface area contributed by atoms with Gasteiger partial charge in [0.15, 0.2) is 5.03 Å². The SMILES string of the molecule is CCCn1cc(S(=O)(=O)NCC(I)C(=O)OC)nc1C. The Balaban J connectivity index is 2.79. The van der Waals surface area contributed by atoms with Crippen LogP contribution in [0, 0.1) is 6.92 Å². The lowest BCUT2D eigenvalue weighted by Crippen LogP contribution is -2.34. The third-order valence-corrected chi connectivity index (χ3v) is 4.85. The van der Waals surface area contributed by atoms with Crippen LogP contribution in [0.5, 0.6) is 0 Å². The van der Waals surface area contributed by atoms with Gasteiger partial charge in [0.25, 0.3) is 10.0 Å². The average molecular weight is 415 g/mol. The second kappa shape index (κ2) is 7.36. The Bertz CT molecular complexity index is 570. The van der Waals surface area contributed by atoms with Gasteiger partial charge in [-0.25, -0.2) is 18.1 Å². The first-order valence-corrected chi connectivity index (χ1v) is 8.80. The second-order valence-corrected chi connectivity index (χ2v) is 7.38. The summed E-state index contributed by atoms with van der Waals surface area (Å²) in [7, 11) is -2.45. The predicted octanol–water partition coefficient (Wildman–Crippen LogP) is 0.856. The van der Waals surface area contributed by atoms with Crippen LogP contribution in [0.4, 0.5) is 0 Å². The molecule has 0 aliphatic rings. The number of nitrogens with one attached hydrogen (secondary N) is 1. The number of aryl methyl sites for hydroxylation is 2. The average Bonchev–Trinajstić information content (AvgIpc) is 2.78. The minimum Gasteiger partial charge on any atom is -0.468 e. The van der Waals surface area contributed by atoms with Crippen molar-refractivity contribution in [1.82, 2.24) is 14.3 Å². The van der Waals surface area contributed by atoms with E-state index in [1.807, 2.05) is 29.5 Å². The standard InChI is InChI=1S/C11H18IN3O4S/c1-4-5-15-7-10(14-8(15)2)20(17,18)13-6-9(12)11(16)19-3/h7,9,13H,4-6H2,1-3H3. The fourth-order valence-electron chi connectivity index (χ4n) is 1.54. The molecule has 9 heteroatoms. The summed E-state index contributed by atoms with van der Waals surface area (Å²) in [5.74, 6) is 0.173. The van der Waals surface area contributed by atoms with Gasteiger partial charge in [0.05, 0.1) is 7.11 Å². The number of ether oxygens (including phenoxy) is 1. The molecular weight excluding hydrogens is 397 g/mol. The quantitative estimate of drug-likeness (QED) is 0.405. The zero-order valence-electron chi connectivity index (χ0n) is 11.6. The van der Waals surface area contributed by atoms with Crippen LogP contribution in [-0.4, -0.2) is 41.5 Å². The molecule has 0 fully saturated rings. The molecule has 0 aromatic carbocycles. The fourth-order valence-corrected chi connectivity index (χ4v) is 3.37. The number of rotatable bonds is 7. The minimum absolute atomic E-state index is 0.0306. The van der Waals surface area contributed by atoms with Gasteiger partial charge in [-0.05, 0) is 13.3 Å². The molecule has 20 heavy (non-hydrogen) atoms. The topological polar surface area (TPSA) is 90.3 Å². The first-order valence-electron chi connectivity index (χ1n) is 6.07. The van der Waals surface area contributed by atoms with Crippen molar-refractivity contribution < 1.29 is 17.9 Å². The summed E-state index contributed by atoms with van der Waals surface area (Å²) in [4.78, 5) is 15.3. The molecule has 0 aliphatic carbocycles. The Morgan fingerprint density at radius 3 is 2.80 bits per heavy atom. The Kier molecular flexibility index (Phi) is 6.40. The van der Waals surface area contributed by atoms with Gasteiger partial charge in [0.2, 0.25) is 0 Å². The van der Waals surface area contributed by atoms with Crippen LogP contribution in [0.2, 0.25) is 0 Å². The Morgan fingerprint density at radius 1 is 1.60 bits per heavy atom. The number of esters is 1. The van der Waals surface area contributed by atoms with Crippen molar-refractivity contribution in [2.45, 2.75) is 35.8 Å². The number of halogens is 1. The first kappa shape index (κ1) is 17.4. The molecule has 0 radical (unpaired) electrons. The Morgan fingerprint density at radius 2 is 2.25 bits per heavy atom. The monoisotopic (exact) mass is 415 g/mol. The van der Waals surface area contributed by atoms with Crippen LogP contribution in [0.25, 0.3) is 0 Å². The molecule has 0 bridgehead atoms. The lowest BCUT2D eigenvalue weighted by atomic mass is 10.4. The zero-order valence-corrected chi connectivity index (χ0v) is 14.6. The molecule has 1 rings (SSSR count). The Hall–Kier alpha value is -0.680. The van der Waals surface area contributed by atoms with Crippen LogP contribution in [-0.2, 0) is 26.1 Å². The maximum Gasteiger partial charge on any atom is 0.319 e. The number of hydrogen-bond donors (Lipinski definition) is 1. The highest BCUT2D eigenvalue weighted by molar-refractivity contribution is 14.1. The maximum absolute atomic E-state index is 12.1. The van der Waals surface area contributed by atoms with Gasteiger partial charge in [-0.1, -0.05) is 29.5 Å². The zero-order chi connectivity index (χ0) is 15.3. The summed E-state index contributed by atoms with van der Waals surface area (Å²) in [6.45, 7) is 4.44. The van der Waals surface area contributed by atoms with Gasteiger partial charge < -0.3 is 9.30 Å². The van der Waals surface area contributed by atoms with Gasteiger partial charge in [-0.2, -0.15) is 0 Å². The summed E-state index contributed by atoms with van der Waals surface area (Å²) >= 11 is 1.83. The van der Waals surface area contributed by atoms with E-state index in [0.717, 1.165) is 6.42 Å². The van der Waals surface area contributed by atoms with E-state index in [9.17, 15) is 13.2 Å². The van der Waals surface area contributed by atoms with Crippen molar-refractivity contribution in [3.63, 3.8) is 0 Å². The number of hydrogen-bond acceptors (Lipinski definition) is 5. The van der Waals surface area contributed by atoms with E-state index in [4.69, 9.17) is 0 Å². The number of sulfonamides is 1. The van der Waals surface area contributed by atoms with Crippen molar-refractivity contribution >= 4 is 38.6 Å². The van der Waals surface area contributed by atoms with Crippen LogP contribution >= 0.6 is 22.6 Å². The van der Waals surface area contributed by atoms with E-state index in [2.05, 4.69) is 14.4 Å². The number of carbonyl (C=O) groups is 1. The Labute approximate surface area is 132 Å². The van der Waals surface area contributed by atoms with E-state index in [0.29, 0.717) is 12.4 Å². The molecule has 0 amide bonds. The van der Waals surface area contributed by atoms with Crippen molar-refractivity contribution in [2.75, 3.05) is 13.7 Å². The van der Waals surface area contributed by atoms with Crippen LogP contribution in [0.15, 0.2) is 11.2 Å². The van der Waals surface area contributed by atoms with E-state index in [1.165, 1.54) is 13.3 Å². The number of nitrogens with zero attached hydrogens (tertiary/aromatic N) is 2. The predicted molar refractivity (Wildman–Crippen MR) is 82.3 cm³/mol. The number of alkyl halides is 1. The molecule has 1 unspecified atom stereocenters. The molecule has 1 atom stereocenters. The minimum atomic E-state index is -3.71. The van der Waals surface area contributed by atoms with E-state index in [1.54, 1.807) is 11.5 Å². The molecule has 1 heterocycles. The van der Waals surface area contributed by atoms with E-state index in [-0.39, 0.29) is 11.6 Å². The summed E-state index contributed by atoms with van der Waals surface area (Å²) in [6.07, 6.45) is 2.39. The molecule has 0 aliphatic heterocycles. The molecule has 1 aromatic rings. The molecule has 1 N–H and O–H groups in total. The molecule has 114 valence electrons. The first-order chi connectivity index (χ1) is 9.31. The van der Waals surface area contributed by atoms with Gasteiger partial charge in [0, 0.05) is 19.3 Å². The molecule has 1 aromatic heterocycles. The molecule has 0 saturated heterocycles. The largest absolute Gasteiger partial charge is 0.468 e. The number of methoxy groups -OCH3 is 1. The summed E-state index contributed by atoms with van der Waals surface area (Å²) in [5, 5.41) is -0.0306. The van der Waals surface area contributed by atoms with Crippen molar-refractivity contribution in [3.8, 4) is 0 Å². The van der Waals surface area contributed by atoms with Gasteiger partial charge >= 0.3 is 5.97 Å². The van der Waals surface area contributed by atoms with E-state index >= 15 is 0 Å². The number of carbonyl (C=O) groups excluding carboxylic acids is 1. The summed E-state index contributed by atoms with van der Waals surface area (Å²) < 4.78 is 32.3. The smallest absolute Gasteiger partial charge is 0.319 e. The molecule has 0 saturated carbocycles. The third kappa shape index (κ3) is 4.42.